The van der Waals surface area contributed by atoms with E-state index >= 15 is 0 Å². The van der Waals surface area contributed by atoms with Crippen LogP contribution < -0.4 is 5.73 Å². The van der Waals surface area contributed by atoms with Gasteiger partial charge in [0.2, 0.25) is 0 Å². The molecule has 0 spiro atoms. The Balaban J connectivity index is 2.91. The molecule has 0 aliphatic rings. The quantitative estimate of drug-likeness (QED) is 0.418. The Bertz CT molecular complexity index is 352. The average molecular weight is 198 g/mol. The van der Waals surface area contributed by atoms with Gasteiger partial charge in [0.05, 0.1) is 11.3 Å². The second kappa shape index (κ2) is 4.74. The molecule has 3 heteroatoms. The van der Waals surface area contributed by atoms with E-state index in [1.54, 1.807) is 12.1 Å². The van der Waals surface area contributed by atoms with Gasteiger partial charge < -0.3 is 5.73 Å². The lowest BCUT2D eigenvalue weighted by molar-refractivity contribution is 0.629. The van der Waals surface area contributed by atoms with Crippen LogP contribution in [0.25, 0.3) is 0 Å². The maximum Gasteiger partial charge on any atom is 0.161 e. The summed E-state index contributed by atoms with van der Waals surface area (Å²) in [6.07, 6.45) is 0.551. The Labute approximate surface area is 81.7 Å². The second-order valence-electron chi connectivity index (χ2n) is 2.45. The summed E-state index contributed by atoms with van der Waals surface area (Å²) in [4.78, 5) is 0. The number of hydrogen-bond donors (Lipinski definition) is 1. The van der Waals surface area contributed by atoms with Crippen molar-refractivity contribution in [3.05, 3.63) is 29.6 Å². The molecule has 0 aliphatic heterocycles. The predicted molar refractivity (Wildman–Crippen MR) is 53.0 cm³/mol. The number of benzene rings is 1. The first-order valence-electron chi connectivity index (χ1n) is 3.84. The molecular weight excluding hydrogens is 189 g/mol. The summed E-state index contributed by atoms with van der Waals surface area (Å²) in [6.45, 7) is 0. The average Bonchev–Trinajstić information content (AvgIpc) is 2.13. The Morgan fingerprint density at radius 2 is 2.23 bits per heavy atom. The number of rotatable bonds is 1. The lowest BCUT2D eigenvalue weighted by Crippen LogP contribution is -1.92. The molecule has 0 amide bonds. The standard InChI is InChI=1S/C10H9ClFN/c11-7-2-1-4-8-5-3-6-9(13)10(8)12/h3,5-6H,2,7,13H2. The molecule has 0 unspecified atom stereocenters. The summed E-state index contributed by atoms with van der Waals surface area (Å²) in [6, 6.07) is 4.76. The minimum atomic E-state index is -0.454. The lowest BCUT2D eigenvalue weighted by Gasteiger charge is -1.96. The highest BCUT2D eigenvalue weighted by atomic mass is 35.5. The predicted octanol–water partition coefficient (Wildman–Crippen LogP) is 2.39. The third kappa shape index (κ3) is 2.64. The molecule has 0 bridgehead atoms. The fourth-order valence-electron chi connectivity index (χ4n) is 0.851. The van der Waals surface area contributed by atoms with E-state index in [0.29, 0.717) is 17.9 Å². The van der Waals surface area contributed by atoms with E-state index in [-0.39, 0.29) is 5.69 Å². The summed E-state index contributed by atoms with van der Waals surface area (Å²) in [5.74, 6) is 5.41. The van der Waals surface area contributed by atoms with E-state index in [4.69, 9.17) is 17.3 Å². The first kappa shape index (κ1) is 9.88. The van der Waals surface area contributed by atoms with Crippen LogP contribution in [0, 0.1) is 17.7 Å². The smallest absolute Gasteiger partial charge is 0.161 e. The van der Waals surface area contributed by atoms with Gasteiger partial charge in [0.25, 0.3) is 0 Å². The Hall–Kier alpha value is -1.20. The van der Waals surface area contributed by atoms with Crippen LogP contribution in [0.15, 0.2) is 18.2 Å². The zero-order valence-corrected chi connectivity index (χ0v) is 7.74. The van der Waals surface area contributed by atoms with Gasteiger partial charge in [-0.15, -0.1) is 11.6 Å². The third-order valence-electron chi connectivity index (χ3n) is 1.47. The van der Waals surface area contributed by atoms with Crippen molar-refractivity contribution in [2.45, 2.75) is 6.42 Å². The van der Waals surface area contributed by atoms with E-state index in [1.165, 1.54) is 6.07 Å². The van der Waals surface area contributed by atoms with E-state index < -0.39 is 5.82 Å². The van der Waals surface area contributed by atoms with Crippen LogP contribution in [0.3, 0.4) is 0 Å². The summed E-state index contributed by atoms with van der Waals surface area (Å²) in [7, 11) is 0. The summed E-state index contributed by atoms with van der Waals surface area (Å²) in [5, 5.41) is 0. The Morgan fingerprint density at radius 1 is 1.46 bits per heavy atom. The van der Waals surface area contributed by atoms with Crippen molar-refractivity contribution in [1.82, 2.24) is 0 Å². The lowest BCUT2D eigenvalue weighted by atomic mass is 10.2. The van der Waals surface area contributed by atoms with Crippen molar-refractivity contribution in [3.8, 4) is 11.8 Å². The van der Waals surface area contributed by atoms with Crippen LogP contribution in [-0.2, 0) is 0 Å². The molecule has 13 heavy (non-hydrogen) atoms. The highest BCUT2D eigenvalue weighted by molar-refractivity contribution is 6.18. The van der Waals surface area contributed by atoms with Crippen molar-refractivity contribution in [2.24, 2.45) is 0 Å². The van der Waals surface area contributed by atoms with Crippen LogP contribution >= 0.6 is 11.6 Å². The van der Waals surface area contributed by atoms with Crippen LogP contribution in [0.1, 0.15) is 12.0 Å². The van der Waals surface area contributed by atoms with Crippen LogP contribution in [0.5, 0.6) is 0 Å². The summed E-state index contributed by atoms with van der Waals surface area (Å²) < 4.78 is 13.2. The highest BCUT2D eigenvalue weighted by Gasteiger charge is 2.00. The van der Waals surface area contributed by atoms with Crippen LogP contribution in [0.4, 0.5) is 10.1 Å². The summed E-state index contributed by atoms with van der Waals surface area (Å²) >= 11 is 5.42. The molecular formula is C10H9ClFN. The molecule has 0 fully saturated rings. The minimum Gasteiger partial charge on any atom is -0.396 e. The van der Waals surface area contributed by atoms with Crippen molar-refractivity contribution in [1.29, 1.82) is 0 Å². The molecule has 2 N–H and O–H groups in total. The SMILES string of the molecule is Nc1cccc(C#CCCCl)c1F. The molecule has 0 radical (unpaired) electrons. The van der Waals surface area contributed by atoms with Gasteiger partial charge in [0.1, 0.15) is 0 Å². The number of hydrogen-bond acceptors (Lipinski definition) is 1. The number of nitrogen functional groups attached to an aromatic ring is 1. The van der Waals surface area contributed by atoms with Crippen LogP contribution in [-0.4, -0.2) is 5.88 Å². The normalized spacial score (nSPS) is 9.08. The number of alkyl halides is 1. The van der Waals surface area contributed by atoms with Gasteiger partial charge in [0, 0.05) is 12.3 Å². The van der Waals surface area contributed by atoms with E-state index in [1.807, 2.05) is 0 Å². The third-order valence-corrected chi connectivity index (χ3v) is 1.66. The van der Waals surface area contributed by atoms with Crippen LogP contribution in [0.2, 0.25) is 0 Å². The fourth-order valence-corrected chi connectivity index (χ4v) is 0.946. The first-order valence-corrected chi connectivity index (χ1v) is 4.38. The van der Waals surface area contributed by atoms with Gasteiger partial charge in [-0.3, -0.25) is 0 Å². The van der Waals surface area contributed by atoms with E-state index in [0.717, 1.165) is 0 Å². The Kier molecular flexibility index (Phi) is 3.60. The monoisotopic (exact) mass is 197 g/mol. The number of nitrogens with two attached hydrogens (primary N) is 1. The molecule has 0 atom stereocenters. The largest absolute Gasteiger partial charge is 0.396 e. The van der Waals surface area contributed by atoms with Gasteiger partial charge in [-0.05, 0) is 12.1 Å². The molecule has 0 saturated heterocycles. The molecule has 0 aromatic heterocycles. The van der Waals surface area contributed by atoms with Crippen molar-refractivity contribution < 1.29 is 4.39 Å². The number of halogens is 2. The van der Waals surface area contributed by atoms with Crippen molar-refractivity contribution >= 4 is 17.3 Å². The maximum absolute atomic E-state index is 13.2. The molecule has 68 valence electrons. The molecule has 0 aliphatic carbocycles. The zero-order chi connectivity index (χ0) is 9.68. The molecule has 0 saturated carbocycles. The Morgan fingerprint density at radius 3 is 2.92 bits per heavy atom. The minimum absolute atomic E-state index is 0.123. The molecule has 0 heterocycles. The van der Waals surface area contributed by atoms with Gasteiger partial charge in [0.15, 0.2) is 5.82 Å². The van der Waals surface area contributed by atoms with Gasteiger partial charge in [-0.25, -0.2) is 4.39 Å². The van der Waals surface area contributed by atoms with Gasteiger partial charge in [-0.2, -0.15) is 0 Å². The zero-order valence-electron chi connectivity index (χ0n) is 6.98. The van der Waals surface area contributed by atoms with Gasteiger partial charge in [-0.1, -0.05) is 17.9 Å². The van der Waals surface area contributed by atoms with E-state index in [9.17, 15) is 4.39 Å². The van der Waals surface area contributed by atoms with E-state index in [2.05, 4.69) is 11.8 Å². The topological polar surface area (TPSA) is 26.0 Å². The number of anilines is 1. The molecule has 1 aromatic rings. The van der Waals surface area contributed by atoms with Crippen molar-refractivity contribution in [3.63, 3.8) is 0 Å². The second-order valence-corrected chi connectivity index (χ2v) is 2.83. The van der Waals surface area contributed by atoms with Crippen molar-refractivity contribution in [2.75, 3.05) is 11.6 Å². The maximum atomic E-state index is 13.2. The fraction of sp³-hybridized carbons (Fsp3) is 0.200. The van der Waals surface area contributed by atoms with Gasteiger partial charge >= 0.3 is 0 Å². The molecule has 1 nitrogen and oxygen atoms in total. The first-order chi connectivity index (χ1) is 6.25. The highest BCUT2D eigenvalue weighted by Crippen LogP contribution is 2.13. The molecule has 1 aromatic carbocycles. The summed E-state index contributed by atoms with van der Waals surface area (Å²) in [5.41, 5.74) is 5.80. The molecule has 1 rings (SSSR count).